The minimum absolute atomic E-state index is 0.286. The van der Waals surface area contributed by atoms with Gasteiger partial charge in [0.15, 0.2) is 6.29 Å². The highest BCUT2D eigenvalue weighted by Crippen LogP contribution is 2.23. The van der Waals surface area contributed by atoms with Gasteiger partial charge in [-0.15, -0.1) is 0 Å². The van der Waals surface area contributed by atoms with Crippen molar-refractivity contribution in [2.75, 3.05) is 20.7 Å². The minimum Gasteiger partial charge on any atom is -0.394 e. The van der Waals surface area contributed by atoms with Crippen LogP contribution in [0, 0.1) is 0 Å². The Morgan fingerprint density at radius 2 is 1.78 bits per heavy atom. The van der Waals surface area contributed by atoms with Crippen LogP contribution in [0.4, 0.5) is 0 Å². The van der Waals surface area contributed by atoms with E-state index < -0.39 is 37.3 Å². The average Bonchev–Trinajstić information content (AvgIpc) is 2.35. The lowest BCUT2D eigenvalue weighted by molar-refractivity contribution is -0.321. The minimum atomic E-state index is -1.40. The van der Waals surface area contributed by atoms with Crippen molar-refractivity contribution in [3.05, 3.63) is 0 Å². The van der Waals surface area contributed by atoms with Crippen molar-refractivity contribution >= 4 is 0 Å². The highest BCUT2D eigenvalue weighted by Gasteiger charge is 2.44. The molecule has 1 aliphatic heterocycles. The quantitative estimate of drug-likeness (QED) is 0.431. The van der Waals surface area contributed by atoms with Crippen molar-refractivity contribution in [2.24, 2.45) is 0 Å². The first kappa shape index (κ1) is 15.8. The number of aliphatic hydroxyl groups is 4. The van der Waals surface area contributed by atoms with E-state index in [-0.39, 0.29) is 6.23 Å². The summed E-state index contributed by atoms with van der Waals surface area (Å²) in [5, 5.41) is 38.1. The first-order valence-electron chi connectivity index (χ1n) is 6.04. The highest BCUT2D eigenvalue weighted by molar-refractivity contribution is 4.89. The maximum atomic E-state index is 9.79. The molecule has 0 saturated carbocycles. The van der Waals surface area contributed by atoms with Gasteiger partial charge in [0.2, 0.25) is 0 Å². The summed E-state index contributed by atoms with van der Waals surface area (Å²) < 4.78 is 10.8. The molecule has 18 heavy (non-hydrogen) atoms. The van der Waals surface area contributed by atoms with Crippen LogP contribution in [0.1, 0.15) is 13.3 Å². The maximum absolute atomic E-state index is 9.79. The molecule has 1 rings (SSSR count). The van der Waals surface area contributed by atoms with Crippen LogP contribution in [0.3, 0.4) is 0 Å². The molecule has 1 aliphatic rings. The van der Waals surface area contributed by atoms with Gasteiger partial charge >= 0.3 is 0 Å². The number of hydrogen-bond donors (Lipinski definition) is 4. The van der Waals surface area contributed by atoms with E-state index in [1.54, 1.807) is 4.90 Å². The second-order valence-corrected chi connectivity index (χ2v) is 4.66. The molecule has 7 heteroatoms. The molecule has 6 atom stereocenters. The molecule has 0 spiro atoms. The largest absolute Gasteiger partial charge is 0.394 e. The first-order chi connectivity index (χ1) is 8.42. The fraction of sp³-hybridized carbons (Fsp3) is 1.00. The zero-order valence-corrected chi connectivity index (χ0v) is 10.9. The zero-order chi connectivity index (χ0) is 13.9. The third kappa shape index (κ3) is 3.39. The number of rotatable bonds is 5. The van der Waals surface area contributed by atoms with Crippen molar-refractivity contribution in [2.45, 2.75) is 50.3 Å². The lowest BCUT2D eigenvalue weighted by Gasteiger charge is -2.41. The van der Waals surface area contributed by atoms with Crippen molar-refractivity contribution in [3.63, 3.8) is 0 Å². The normalized spacial score (nSPS) is 39.0. The summed E-state index contributed by atoms with van der Waals surface area (Å²) in [6.45, 7) is 1.46. The highest BCUT2D eigenvalue weighted by atomic mass is 16.7. The number of ether oxygens (including phenoxy) is 2. The fourth-order valence-electron chi connectivity index (χ4n) is 1.92. The molecule has 0 amide bonds. The molecule has 7 nitrogen and oxygen atoms in total. The molecule has 1 saturated heterocycles. The second-order valence-electron chi connectivity index (χ2n) is 4.66. The Labute approximate surface area is 107 Å². The van der Waals surface area contributed by atoms with E-state index in [0.717, 1.165) is 0 Å². The predicted molar refractivity (Wildman–Crippen MR) is 62.6 cm³/mol. The van der Waals surface area contributed by atoms with Crippen LogP contribution in [0.25, 0.3) is 0 Å². The third-order valence-corrected chi connectivity index (χ3v) is 3.06. The summed E-state index contributed by atoms with van der Waals surface area (Å²) in [5.41, 5.74) is 0. The molecule has 1 fully saturated rings. The predicted octanol–water partition coefficient (Wildman–Crippen LogP) is -1.90. The molecule has 108 valence electrons. The number of nitrogens with zero attached hydrogens (tertiary/aromatic N) is 1. The first-order valence-corrected chi connectivity index (χ1v) is 6.04. The third-order valence-electron chi connectivity index (χ3n) is 3.06. The molecule has 0 aliphatic carbocycles. The fourth-order valence-corrected chi connectivity index (χ4v) is 1.92. The van der Waals surface area contributed by atoms with Crippen LogP contribution < -0.4 is 0 Å². The van der Waals surface area contributed by atoms with Gasteiger partial charge in [-0.25, -0.2) is 0 Å². The van der Waals surface area contributed by atoms with Gasteiger partial charge in [-0.05, 0) is 20.5 Å². The van der Waals surface area contributed by atoms with E-state index in [4.69, 9.17) is 14.6 Å². The Hall–Kier alpha value is -0.280. The molecule has 4 N–H and O–H groups in total. The zero-order valence-electron chi connectivity index (χ0n) is 10.9. The molecule has 0 aromatic carbocycles. The summed E-state index contributed by atoms with van der Waals surface area (Å²) in [7, 11) is 3.64. The van der Waals surface area contributed by atoms with Crippen molar-refractivity contribution in [1.29, 1.82) is 0 Å². The average molecular weight is 265 g/mol. The second kappa shape index (κ2) is 6.76. The lowest BCUT2D eigenvalue weighted by Crippen LogP contribution is -2.60. The Morgan fingerprint density at radius 1 is 1.17 bits per heavy atom. The maximum Gasteiger partial charge on any atom is 0.188 e. The van der Waals surface area contributed by atoms with Crippen molar-refractivity contribution in [1.82, 2.24) is 4.90 Å². The summed E-state index contributed by atoms with van der Waals surface area (Å²) in [6, 6.07) is 0. The van der Waals surface area contributed by atoms with Gasteiger partial charge in [0.25, 0.3) is 0 Å². The molecular weight excluding hydrogens is 242 g/mol. The number of aliphatic hydroxyl groups excluding tert-OH is 4. The summed E-state index contributed by atoms with van der Waals surface area (Å²) >= 11 is 0. The molecule has 0 radical (unpaired) electrons. The van der Waals surface area contributed by atoms with Crippen LogP contribution in [0.5, 0.6) is 0 Å². The van der Waals surface area contributed by atoms with Crippen LogP contribution in [0.2, 0.25) is 0 Å². The van der Waals surface area contributed by atoms with E-state index in [0.29, 0.717) is 6.42 Å². The Balaban J connectivity index is 2.69. The molecular formula is C11H23NO6. The van der Waals surface area contributed by atoms with Gasteiger partial charge in [-0.1, -0.05) is 6.92 Å². The van der Waals surface area contributed by atoms with Gasteiger partial charge in [-0.3, -0.25) is 4.90 Å². The summed E-state index contributed by atoms with van der Waals surface area (Å²) in [4.78, 5) is 1.81. The smallest absolute Gasteiger partial charge is 0.188 e. The Kier molecular flexibility index (Phi) is 5.93. The van der Waals surface area contributed by atoms with E-state index >= 15 is 0 Å². The molecule has 1 heterocycles. The summed E-state index contributed by atoms with van der Waals surface area (Å²) in [6.07, 6.45) is -5.74. The Bertz CT molecular complexity index is 250. The standard InChI is InChI=1S/C11H23NO6/c1-4-7(12(2)3)18-11-10(16)9(15)8(14)6(5-13)17-11/h6-11,13-16H,4-5H2,1-3H3/t6-,7?,8-,9+,10-,11?/m1/s1. The molecule has 0 aromatic rings. The van der Waals surface area contributed by atoms with Gasteiger partial charge in [0, 0.05) is 0 Å². The van der Waals surface area contributed by atoms with Crippen LogP contribution in [0.15, 0.2) is 0 Å². The summed E-state index contributed by atoms with van der Waals surface area (Å²) in [5.74, 6) is 0. The molecule has 2 unspecified atom stereocenters. The van der Waals surface area contributed by atoms with Gasteiger partial charge in [0.1, 0.15) is 30.6 Å². The van der Waals surface area contributed by atoms with Crippen molar-refractivity contribution < 1.29 is 29.9 Å². The van der Waals surface area contributed by atoms with Crippen molar-refractivity contribution in [3.8, 4) is 0 Å². The van der Waals surface area contributed by atoms with Crippen LogP contribution >= 0.6 is 0 Å². The number of hydrogen-bond acceptors (Lipinski definition) is 7. The van der Waals surface area contributed by atoms with Gasteiger partial charge < -0.3 is 29.9 Å². The van der Waals surface area contributed by atoms with Gasteiger partial charge in [0.05, 0.1) is 6.61 Å². The van der Waals surface area contributed by atoms with Crippen LogP contribution in [-0.4, -0.2) is 83.0 Å². The molecule has 0 aromatic heterocycles. The monoisotopic (exact) mass is 265 g/mol. The lowest BCUT2D eigenvalue weighted by atomic mass is 9.99. The molecule has 0 bridgehead atoms. The Morgan fingerprint density at radius 3 is 2.22 bits per heavy atom. The van der Waals surface area contributed by atoms with E-state index in [1.165, 1.54) is 0 Å². The topological polar surface area (TPSA) is 103 Å². The van der Waals surface area contributed by atoms with E-state index in [9.17, 15) is 15.3 Å². The SMILES string of the molecule is CCC(OC1O[C@H](CO)[C@@H](O)[C@H](O)[C@H]1O)N(C)C. The van der Waals surface area contributed by atoms with E-state index in [1.807, 2.05) is 21.0 Å². The van der Waals surface area contributed by atoms with Gasteiger partial charge in [-0.2, -0.15) is 0 Å². The van der Waals surface area contributed by atoms with Crippen LogP contribution in [-0.2, 0) is 9.47 Å². The van der Waals surface area contributed by atoms with E-state index in [2.05, 4.69) is 0 Å².